The van der Waals surface area contributed by atoms with Crippen LogP contribution in [0.15, 0.2) is 36.4 Å². The van der Waals surface area contributed by atoms with Crippen LogP contribution in [0.5, 0.6) is 5.75 Å². The monoisotopic (exact) mass is 432 g/mol. The van der Waals surface area contributed by atoms with E-state index in [0.717, 1.165) is 5.56 Å². The van der Waals surface area contributed by atoms with Gasteiger partial charge < -0.3 is 14.3 Å². The Morgan fingerprint density at radius 2 is 1.60 bits per heavy atom. The molecule has 166 valence electrons. The van der Waals surface area contributed by atoms with Gasteiger partial charge in [0.15, 0.2) is 8.32 Å². The maximum atomic E-state index is 14.7. The second-order valence-electron chi connectivity index (χ2n) is 10.6. The molecule has 0 fully saturated rings. The highest BCUT2D eigenvalue weighted by molar-refractivity contribution is 6.74. The smallest absolute Gasteiger partial charge is 0.192 e. The van der Waals surface area contributed by atoms with Gasteiger partial charge in [0.25, 0.3) is 0 Å². The van der Waals surface area contributed by atoms with Crippen LogP contribution in [0.4, 0.5) is 4.39 Å². The van der Waals surface area contributed by atoms with E-state index in [4.69, 9.17) is 9.16 Å². The standard InChI is InChI=1S/C25H37FO3Si/c1-24(2,3)23(27)21-14-17(16-29-30(8,9)25(4,5)6)10-12-19(21)20-15-18(28-7)11-13-22(20)26/h10-15,23,27H,16H2,1-9H3. The maximum absolute atomic E-state index is 14.7. The van der Waals surface area contributed by atoms with E-state index < -0.39 is 19.8 Å². The predicted octanol–water partition coefficient (Wildman–Crippen LogP) is 7.10. The molecule has 0 saturated carbocycles. The van der Waals surface area contributed by atoms with E-state index in [9.17, 15) is 9.50 Å². The predicted molar refractivity (Wildman–Crippen MR) is 125 cm³/mol. The maximum Gasteiger partial charge on any atom is 0.192 e. The van der Waals surface area contributed by atoms with Gasteiger partial charge in [-0.25, -0.2) is 4.39 Å². The lowest BCUT2D eigenvalue weighted by molar-refractivity contribution is 0.0630. The van der Waals surface area contributed by atoms with Gasteiger partial charge in [-0.1, -0.05) is 59.7 Å². The van der Waals surface area contributed by atoms with E-state index in [0.29, 0.717) is 29.0 Å². The lowest BCUT2D eigenvalue weighted by Crippen LogP contribution is -2.40. The summed E-state index contributed by atoms with van der Waals surface area (Å²) in [7, 11) is -0.348. The van der Waals surface area contributed by atoms with Crippen molar-refractivity contribution in [1.82, 2.24) is 0 Å². The summed E-state index contributed by atoms with van der Waals surface area (Å²) in [5.74, 6) is 0.233. The molecule has 2 aromatic rings. The zero-order valence-corrected chi connectivity index (χ0v) is 20.9. The van der Waals surface area contributed by atoms with Crippen molar-refractivity contribution >= 4 is 8.32 Å². The van der Waals surface area contributed by atoms with E-state index in [1.165, 1.54) is 6.07 Å². The summed E-state index contributed by atoms with van der Waals surface area (Å²) < 4.78 is 26.4. The summed E-state index contributed by atoms with van der Waals surface area (Å²) >= 11 is 0. The Bertz CT molecular complexity index is 879. The third-order valence-electron chi connectivity index (χ3n) is 6.10. The van der Waals surface area contributed by atoms with Crippen molar-refractivity contribution in [2.24, 2.45) is 5.41 Å². The Balaban J connectivity index is 2.52. The number of aliphatic hydroxyl groups is 1. The largest absolute Gasteiger partial charge is 0.497 e. The molecule has 1 atom stereocenters. The molecule has 1 N–H and O–H groups in total. The number of hydrogen-bond donors (Lipinski definition) is 1. The van der Waals surface area contributed by atoms with E-state index in [1.807, 2.05) is 39.0 Å². The molecule has 0 aliphatic heterocycles. The highest BCUT2D eigenvalue weighted by Crippen LogP contribution is 2.41. The van der Waals surface area contributed by atoms with E-state index in [2.05, 4.69) is 33.9 Å². The first-order chi connectivity index (χ1) is 13.7. The molecule has 0 amide bonds. The van der Waals surface area contributed by atoms with Crippen LogP contribution in [0.25, 0.3) is 11.1 Å². The molecule has 0 bridgehead atoms. The number of halogens is 1. The average molecular weight is 433 g/mol. The van der Waals surface area contributed by atoms with Crippen molar-refractivity contribution in [3.63, 3.8) is 0 Å². The minimum absolute atomic E-state index is 0.115. The fourth-order valence-electron chi connectivity index (χ4n) is 2.96. The van der Waals surface area contributed by atoms with Crippen LogP contribution in [-0.2, 0) is 11.0 Å². The molecular formula is C25H37FO3Si. The molecule has 0 aliphatic rings. The molecule has 2 aromatic carbocycles. The summed E-state index contributed by atoms with van der Waals surface area (Å²) in [5.41, 5.74) is 2.37. The topological polar surface area (TPSA) is 38.7 Å². The highest BCUT2D eigenvalue weighted by Gasteiger charge is 2.37. The van der Waals surface area contributed by atoms with Crippen LogP contribution < -0.4 is 4.74 Å². The average Bonchev–Trinajstić information content (AvgIpc) is 2.64. The normalized spacial score (nSPS) is 14.0. The summed E-state index contributed by atoms with van der Waals surface area (Å²) in [6, 6.07) is 10.5. The molecular weight excluding hydrogens is 395 g/mol. The van der Waals surface area contributed by atoms with Gasteiger partial charge in [0, 0.05) is 5.56 Å². The Morgan fingerprint density at radius 1 is 0.967 bits per heavy atom. The van der Waals surface area contributed by atoms with E-state index in [1.54, 1.807) is 19.2 Å². The molecule has 0 aliphatic carbocycles. The Morgan fingerprint density at radius 3 is 2.13 bits per heavy atom. The van der Waals surface area contributed by atoms with Crippen LogP contribution in [0, 0.1) is 11.2 Å². The zero-order valence-electron chi connectivity index (χ0n) is 19.9. The molecule has 5 heteroatoms. The number of hydrogen-bond acceptors (Lipinski definition) is 3. The first-order valence-corrected chi connectivity index (χ1v) is 13.4. The third kappa shape index (κ3) is 5.51. The molecule has 2 rings (SSSR count). The van der Waals surface area contributed by atoms with Crippen LogP contribution in [-0.4, -0.2) is 20.5 Å². The van der Waals surface area contributed by atoms with Gasteiger partial charge in [-0.15, -0.1) is 0 Å². The van der Waals surface area contributed by atoms with E-state index in [-0.39, 0.29) is 10.9 Å². The lowest BCUT2D eigenvalue weighted by atomic mass is 9.81. The number of rotatable bonds is 6. The third-order valence-corrected chi connectivity index (χ3v) is 10.6. The van der Waals surface area contributed by atoms with Gasteiger partial charge in [-0.2, -0.15) is 0 Å². The molecule has 3 nitrogen and oxygen atoms in total. The van der Waals surface area contributed by atoms with Gasteiger partial charge in [-0.05, 0) is 58.4 Å². The summed E-state index contributed by atoms with van der Waals surface area (Å²) in [6.45, 7) is 17.5. The minimum atomic E-state index is -1.91. The molecule has 0 spiro atoms. The summed E-state index contributed by atoms with van der Waals surface area (Å²) in [4.78, 5) is 0. The van der Waals surface area contributed by atoms with Crippen molar-refractivity contribution in [2.75, 3.05) is 7.11 Å². The molecule has 30 heavy (non-hydrogen) atoms. The SMILES string of the molecule is COc1ccc(F)c(-c2ccc(CO[Si](C)(C)C(C)(C)C)cc2C(O)C(C)(C)C)c1. The fourth-order valence-corrected chi connectivity index (χ4v) is 3.92. The lowest BCUT2D eigenvalue weighted by Gasteiger charge is -2.36. The molecule has 0 radical (unpaired) electrons. The van der Waals surface area contributed by atoms with Crippen molar-refractivity contribution in [2.45, 2.75) is 72.4 Å². The van der Waals surface area contributed by atoms with Crippen LogP contribution in [0.1, 0.15) is 58.8 Å². The van der Waals surface area contributed by atoms with Gasteiger partial charge >= 0.3 is 0 Å². The minimum Gasteiger partial charge on any atom is -0.497 e. The van der Waals surface area contributed by atoms with Gasteiger partial charge in [0.05, 0.1) is 19.8 Å². The summed E-state index contributed by atoms with van der Waals surface area (Å²) in [6.07, 6.45) is -0.758. The molecule has 0 heterocycles. The van der Waals surface area contributed by atoms with Gasteiger partial charge in [-0.3, -0.25) is 0 Å². The number of ether oxygens (including phenoxy) is 1. The van der Waals surface area contributed by atoms with Crippen LogP contribution >= 0.6 is 0 Å². The Hall–Kier alpha value is -1.69. The van der Waals surface area contributed by atoms with Crippen molar-refractivity contribution in [1.29, 1.82) is 0 Å². The second kappa shape index (κ2) is 8.81. The number of benzene rings is 2. The Labute approximate surface area is 182 Å². The fraction of sp³-hybridized carbons (Fsp3) is 0.520. The van der Waals surface area contributed by atoms with Gasteiger partial charge in [0.1, 0.15) is 11.6 Å². The van der Waals surface area contributed by atoms with Crippen molar-refractivity contribution < 1.29 is 18.7 Å². The first-order valence-electron chi connectivity index (χ1n) is 10.5. The molecule has 0 saturated heterocycles. The second-order valence-corrected chi connectivity index (χ2v) is 15.4. The van der Waals surface area contributed by atoms with Crippen LogP contribution in [0.3, 0.4) is 0 Å². The number of aliphatic hydroxyl groups excluding tert-OH is 1. The van der Waals surface area contributed by atoms with E-state index >= 15 is 0 Å². The van der Waals surface area contributed by atoms with Crippen molar-refractivity contribution in [3.8, 4) is 16.9 Å². The van der Waals surface area contributed by atoms with Gasteiger partial charge in [0.2, 0.25) is 0 Å². The molecule has 1 unspecified atom stereocenters. The van der Waals surface area contributed by atoms with Crippen LogP contribution in [0.2, 0.25) is 18.1 Å². The highest BCUT2D eigenvalue weighted by atomic mass is 28.4. The number of methoxy groups -OCH3 is 1. The summed E-state index contributed by atoms with van der Waals surface area (Å²) in [5, 5.41) is 11.2. The Kier molecular flexibility index (Phi) is 7.22. The molecule has 0 aromatic heterocycles. The quantitative estimate of drug-likeness (QED) is 0.495. The first kappa shape index (κ1) is 24.6. The zero-order chi connectivity index (χ0) is 22.9. The van der Waals surface area contributed by atoms with Crippen molar-refractivity contribution in [3.05, 3.63) is 53.3 Å².